The molecule has 102 valence electrons. The van der Waals surface area contributed by atoms with Gasteiger partial charge in [0.15, 0.2) is 0 Å². The monoisotopic (exact) mass is 288 g/mol. The normalized spacial score (nSPS) is 11.8. The summed E-state index contributed by atoms with van der Waals surface area (Å²) in [6.07, 6.45) is 5.88. The fourth-order valence-electron chi connectivity index (χ4n) is 2.20. The van der Waals surface area contributed by atoms with Gasteiger partial charge in [-0.25, -0.2) is 22.5 Å². The van der Waals surface area contributed by atoms with Crippen LogP contribution in [0.4, 0.5) is 0 Å². The number of nitrogens with zero attached hydrogens (tertiary/aromatic N) is 2. The van der Waals surface area contributed by atoms with Crippen molar-refractivity contribution in [1.29, 1.82) is 0 Å². The maximum atomic E-state index is 11.4. The van der Waals surface area contributed by atoms with E-state index in [2.05, 4.69) is 0 Å². The van der Waals surface area contributed by atoms with Gasteiger partial charge in [0.25, 0.3) is 5.65 Å². The molecule has 2 N–H and O–H groups in total. The lowest BCUT2D eigenvalue weighted by atomic mass is 10.2. The minimum absolute atomic E-state index is 0.138. The van der Waals surface area contributed by atoms with E-state index < -0.39 is 10.0 Å². The molecule has 0 saturated carbocycles. The van der Waals surface area contributed by atoms with E-state index in [-0.39, 0.29) is 4.90 Å². The van der Waals surface area contributed by atoms with Crippen molar-refractivity contribution in [2.45, 2.75) is 11.4 Å². The van der Waals surface area contributed by atoms with E-state index >= 15 is 0 Å². The van der Waals surface area contributed by atoms with Gasteiger partial charge in [0, 0.05) is 6.07 Å². The molecule has 0 saturated heterocycles. The topological polar surface area (TPSA) is 68.5 Å². The Morgan fingerprint density at radius 3 is 2.75 bits per heavy atom. The van der Waals surface area contributed by atoms with Crippen molar-refractivity contribution < 1.29 is 13.0 Å². The summed E-state index contributed by atoms with van der Waals surface area (Å²) in [5.74, 6) is 0. The number of hydrogen-bond acceptors (Lipinski definition) is 2. The Morgan fingerprint density at radius 2 is 1.95 bits per heavy atom. The zero-order valence-electron chi connectivity index (χ0n) is 10.7. The average molecular weight is 288 g/mol. The van der Waals surface area contributed by atoms with Crippen LogP contribution in [0, 0.1) is 0 Å². The van der Waals surface area contributed by atoms with Crippen LogP contribution in [0.5, 0.6) is 0 Å². The highest BCUT2D eigenvalue weighted by Crippen LogP contribution is 2.10. The molecular formula is C14H14N3O2S+. The van der Waals surface area contributed by atoms with Crippen LogP contribution in [0.2, 0.25) is 0 Å². The number of primary sulfonamides is 1. The van der Waals surface area contributed by atoms with Crippen LogP contribution >= 0.6 is 0 Å². The quantitative estimate of drug-likeness (QED) is 0.728. The Bertz CT molecular complexity index is 869. The molecule has 0 unspecified atom stereocenters. The highest BCUT2D eigenvalue weighted by atomic mass is 32.2. The van der Waals surface area contributed by atoms with Crippen LogP contribution in [-0.2, 0) is 16.6 Å². The molecule has 2 aromatic heterocycles. The molecular weight excluding hydrogens is 274 g/mol. The largest absolute Gasteiger partial charge is 0.286 e. The van der Waals surface area contributed by atoms with Crippen molar-refractivity contribution in [2.75, 3.05) is 0 Å². The highest BCUT2D eigenvalue weighted by Gasteiger charge is 2.12. The first-order valence-electron chi connectivity index (χ1n) is 6.11. The Balaban J connectivity index is 1.99. The Morgan fingerprint density at radius 1 is 1.10 bits per heavy atom. The summed E-state index contributed by atoms with van der Waals surface area (Å²) in [6.45, 7) is 0.587. The zero-order chi connectivity index (χ0) is 14.2. The number of rotatable bonds is 3. The van der Waals surface area contributed by atoms with E-state index in [4.69, 9.17) is 5.14 Å². The summed E-state index contributed by atoms with van der Waals surface area (Å²) < 4.78 is 26.8. The molecule has 0 fully saturated rings. The minimum Gasteiger partial charge on any atom is -0.226 e. The smallest absolute Gasteiger partial charge is 0.226 e. The van der Waals surface area contributed by atoms with Gasteiger partial charge in [-0.2, -0.15) is 0 Å². The van der Waals surface area contributed by atoms with E-state index in [1.165, 1.54) is 6.07 Å². The van der Waals surface area contributed by atoms with Crippen molar-refractivity contribution in [3.8, 4) is 0 Å². The van der Waals surface area contributed by atoms with Crippen molar-refractivity contribution in [3.63, 3.8) is 0 Å². The highest BCUT2D eigenvalue weighted by molar-refractivity contribution is 7.89. The molecule has 0 aliphatic heterocycles. The predicted molar refractivity (Wildman–Crippen MR) is 74.5 cm³/mol. The molecule has 5 nitrogen and oxygen atoms in total. The van der Waals surface area contributed by atoms with Gasteiger partial charge in [0.1, 0.15) is 18.9 Å². The first-order chi connectivity index (χ1) is 9.54. The molecule has 0 radical (unpaired) electrons. The second-order valence-electron chi connectivity index (χ2n) is 4.58. The van der Waals surface area contributed by atoms with Crippen molar-refractivity contribution in [1.82, 2.24) is 4.40 Å². The van der Waals surface area contributed by atoms with Crippen LogP contribution in [0.3, 0.4) is 0 Å². The maximum Gasteiger partial charge on any atom is 0.286 e. The molecule has 0 bridgehead atoms. The molecule has 6 heteroatoms. The van der Waals surface area contributed by atoms with Gasteiger partial charge in [-0.05, 0) is 23.8 Å². The molecule has 0 amide bonds. The Labute approximate surface area is 117 Å². The molecule has 20 heavy (non-hydrogen) atoms. The number of nitrogens with two attached hydrogens (primary N) is 1. The summed E-state index contributed by atoms with van der Waals surface area (Å²) in [4.78, 5) is 0.138. The first kappa shape index (κ1) is 12.8. The number of imidazole rings is 1. The van der Waals surface area contributed by atoms with Gasteiger partial charge in [-0.1, -0.05) is 18.2 Å². The number of pyridine rings is 1. The Kier molecular flexibility index (Phi) is 3.04. The van der Waals surface area contributed by atoms with Gasteiger partial charge in [0.2, 0.25) is 10.0 Å². The average Bonchev–Trinajstić information content (AvgIpc) is 2.82. The second kappa shape index (κ2) is 4.73. The summed E-state index contributed by atoms with van der Waals surface area (Å²) in [7, 11) is -3.66. The molecule has 2 heterocycles. The van der Waals surface area contributed by atoms with Gasteiger partial charge in [-0.15, -0.1) is 0 Å². The second-order valence-corrected chi connectivity index (χ2v) is 6.15. The fraction of sp³-hybridized carbons (Fsp3) is 0.0714. The van der Waals surface area contributed by atoms with E-state index in [9.17, 15) is 8.42 Å². The van der Waals surface area contributed by atoms with Gasteiger partial charge >= 0.3 is 0 Å². The van der Waals surface area contributed by atoms with Crippen LogP contribution in [0.25, 0.3) is 5.65 Å². The maximum absolute atomic E-state index is 11.4. The fourth-order valence-corrected chi connectivity index (χ4v) is 2.78. The molecule has 0 atom stereocenters. The summed E-state index contributed by atoms with van der Waals surface area (Å²) in [5.41, 5.74) is 1.92. The third-order valence-electron chi connectivity index (χ3n) is 3.15. The van der Waals surface area contributed by atoms with Crippen molar-refractivity contribution in [3.05, 3.63) is 66.6 Å². The van der Waals surface area contributed by atoms with Crippen molar-refractivity contribution >= 4 is 15.7 Å². The van der Waals surface area contributed by atoms with Crippen LogP contribution < -0.4 is 9.71 Å². The zero-order valence-corrected chi connectivity index (χ0v) is 11.5. The van der Waals surface area contributed by atoms with E-state index in [0.717, 1.165) is 11.2 Å². The molecule has 0 aliphatic rings. The third-order valence-corrected chi connectivity index (χ3v) is 4.06. The molecule has 0 spiro atoms. The van der Waals surface area contributed by atoms with E-state index in [1.807, 2.05) is 51.8 Å². The summed E-state index contributed by atoms with van der Waals surface area (Å²) >= 11 is 0. The van der Waals surface area contributed by atoms with Crippen LogP contribution in [-0.4, -0.2) is 12.8 Å². The molecule has 3 aromatic rings. The van der Waals surface area contributed by atoms with Crippen LogP contribution in [0.1, 0.15) is 5.56 Å². The lowest BCUT2D eigenvalue weighted by molar-refractivity contribution is -0.661. The predicted octanol–water partition coefficient (Wildman–Crippen LogP) is 0.922. The lowest BCUT2D eigenvalue weighted by Crippen LogP contribution is -2.32. The number of hydrogen-bond donors (Lipinski definition) is 1. The van der Waals surface area contributed by atoms with Gasteiger partial charge in [-0.3, -0.25) is 0 Å². The van der Waals surface area contributed by atoms with Gasteiger partial charge in [0.05, 0.1) is 11.1 Å². The SMILES string of the molecule is NS(=O)(=O)c1cccc(C[n+]2ccn3ccccc32)c1. The summed E-state index contributed by atoms with van der Waals surface area (Å²) in [6, 6.07) is 12.6. The molecule has 3 rings (SSSR count). The van der Waals surface area contributed by atoms with Crippen molar-refractivity contribution in [2.24, 2.45) is 5.14 Å². The van der Waals surface area contributed by atoms with Gasteiger partial charge < -0.3 is 0 Å². The Hall–Kier alpha value is -2.18. The first-order valence-corrected chi connectivity index (χ1v) is 7.65. The third kappa shape index (κ3) is 2.43. The minimum atomic E-state index is -3.66. The number of aromatic nitrogens is 2. The summed E-state index contributed by atoms with van der Waals surface area (Å²) in [5, 5.41) is 5.15. The van der Waals surface area contributed by atoms with E-state index in [0.29, 0.717) is 6.54 Å². The molecule has 1 aromatic carbocycles. The number of benzene rings is 1. The number of sulfonamides is 1. The molecule has 0 aliphatic carbocycles. The standard InChI is InChI=1S/C14H14N3O2S/c15-20(18,19)13-5-3-4-12(10-13)11-17-9-8-16-7-2-1-6-14(16)17/h1-10H,11H2,(H2,15,18,19)/q+1. The number of fused-ring (bicyclic) bond motifs is 1. The van der Waals surface area contributed by atoms with Crippen LogP contribution in [0.15, 0.2) is 66.0 Å². The van der Waals surface area contributed by atoms with E-state index in [1.54, 1.807) is 12.1 Å². The lowest BCUT2D eigenvalue weighted by Gasteiger charge is -2.02.